The molecule has 2 N–H and O–H groups in total. The van der Waals surface area contributed by atoms with Gasteiger partial charge in [0.05, 0.1) is 13.2 Å². The van der Waals surface area contributed by atoms with Gasteiger partial charge in [-0.25, -0.2) is 0 Å². The van der Waals surface area contributed by atoms with Crippen molar-refractivity contribution in [1.29, 1.82) is 0 Å². The van der Waals surface area contributed by atoms with Crippen LogP contribution in [0, 0.1) is 0 Å². The molecule has 1 amide bonds. The van der Waals surface area contributed by atoms with Crippen LogP contribution >= 0.6 is 0 Å². The van der Waals surface area contributed by atoms with Gasteiger partial charge in [-0.2, -0.15) is 0 Å². The number of nitrogens with one attached hydrogen (secondary N) is 2. The molecule has 1 unspecified atom stereocenters. The quantitative estimate of drug-likeness (QED) is 0.697. The molecule has 20 heavy (non-hydrogen) atoms. The summed E-state index contributed by atoms with van der Waals surface area (Å²) in [5.74, 6) is 1.45. The predicted octanol–water partition coefficient (Wildman–Crippen LogP) is 0.179. The Labute approximate surface area is 118 Å². The fourth-order valence-electron chi connectivity index (χ4n) is 1.87. The van der Waals surface area contributed by atoms with Gasteiger partial charge in [-0.15, -0.1) is 0 Å². The van der Waals surface area contributed by atoms with Gasteiger partial charge in [-0.3, -0.25) is 4.79 Å². The summed E-state index contributed by atoms with van der Waals surface area (Å²) in [6.45, 7) is 2.34. The fraction of sp³-hybridized carbons (Fsp3) is 0.500. The molecular weight excluding hydrogens is 260 g/mol. The van der Waals surface area contributed by atoms with Crippen LogP contribution in [0.5, 0.6) is 11.5 Å². The summed E-state index contributed by atoms with van der Waals surface area (Å²) in [5, 5.41) is 5.79. The van der Waals surface area contributed by atoms with Crippen LogP contribution in [0.15, 0.2) is 24.3 Å². The molecule has 6 heteroatoms. The van der Waals surface area contributed by atoms with Gasteiger partial charge in [-0.05, 0) is 12.1 Å². The van der Waals surface area contributed by atoms with E-state index >= 15 is 0 Å². The third-order valence-electron chi connectivity index (χ3n) is 2.85. The summed E-state index contributed by atoms with van der Waals surface area (Å²) in [6.07, 6.45) is -0.0864. The van der Waals surface area contributed by atoms with Crippen molar-refractivity contribution in [2.75, 3.05) is 40.0 Å². The molecule has 2 rings (SSSR count). The molecule has 0 fully saturated rings. The molecule has 1 aliphatic rings. The van der Waals surface area contributed by atoms with E-state index < -0.39 is 0 Å². The topological polar surface area (TPSA) is 68.8 Å². The molecule has 110 valence electrons. The number of rotatable bonds is 7. The monoisotopic (exact) mass is 280 g/mol. The largest absolute Gasteiger partial charge is 0.486 e. The van der Waals surface area contributed by atoms with Crippen LogP contribution in [-0.4, -0.2) is 52.0 Å². The second-order valence-corrected chi connectivity index (χ2v) is 4.47. The van der Waals surface area contributed by atoms with Crippen LogP contribution in [0.25, 0.3) is 0 Å². The molecule has 0 spiro atoms. The minimum Gasteiger partial charge on any atom is -0.486 e. The lowest BCUT2D eigenvalue weighted by molar-refractivity contribution is -0.120. The van der Waals surface area contributed by atoms with Crippen LogP contribution in [0.4, 0.5) is 0 Å². The van der Waals surface area contributed by atoms with Gasteiger partial charge in [0.2, 0.25) is 5.91 Å². The van der Waals surface area contributed by atoms with Gasteiger partial charge < -0.3 is 24.8 Å². The lowest BCUT2D eigenvalue weighted by Crippen LogP contribution is -2.42. The molecule has 0 saturated carbocycles. The highest BCUT2D eigenvalue weighted by molar-refractivity contribution is 5.77. The summed E-state index contributed by atoms with van der Waals surface area (Å²) in [7, 11) is 1.60. The Morgan fingerprint density at radius 3 is 3.00 bits per heavy atom. The van der Waals surface area contributed by atoms with Crippen molar-refractivity contribution in [3.8, 4) is 11.5 Å². The first-order valence-corrected chi connectivity index (χ1v) is 6.64. The van der Waals surface area contributed by atoms with Crippen LogP contribution in [0.3, 0.4) is 0 Å². The maximum atomic E-state index is 11.5. The zero-order valence-corrected chi connectivity index (χ0v) is 11.6. The molecule has 0 radical (unpaired) electrons. The average molecular weight is 280 g/mol. The van der Waals surface area contributed by atoms with E-state index in [1.807, 2.05) is 24.3 Å². The minimum atomic E-state index is -0.0864. The molecule has 0 bridgehead atoms. The van der Waals surface area contributed by atoms with Crippen LogP contribution in [-0.2, 0) is 9.53 Å². The smallest absolute Gasteiger partial charge is 0.234 e. The Hall–Kier alpha value is -1.79. The standard InChI is InChI=1S/C14H20N2O4/c1-18-7-6-16-14(17)9-15-8-11-10-19-12-4-2-3-5-13(12)20-11/h2-5,11,15H,6-10H2,1H3,(H,16,17). The highest BCUT2D eigenvalue weighted by Crippen LogP contribution is 2.30. The summed E-state index contributed by atoms with van der Waals surface area (Å²) >= 11 is 0. The van der Waals surface area contributed by atoms with E-state index in [1.165, 1.54) is 0 Å². The summed E-state index contributed by atoms with van der Waals surface area (Å²) in [4.78, 5) is 11.5. The van der Waals surface area contributed by atoms with E-state index in [-0.39, 0.29) is 18.6 Å². The first kappa shape index (κ1) is 14.6. The van der Waals surface area contributed by atoms with Crippen molar-refractivity contribution in [2.45, 2.75) is 6.10 Å². The summed E-state index contributed by atoms with van der Waals surface area (Å²) in [6, 6.07) is 7.56. The molecule has 1 aliphatic heterocycles. The van der Waals surface area contributed by atoms with Gasteiger partial charge in [0.1, 0.15) is 12.7 Å². The SMILES string of the molecule is COCCNC(=O)CNCC1COc2ccccc2O1. The Kier molecular flexibility index (Phi) is 5.64. The Bertz CT molecular complexity index is 439. The van der Waals surface area contributed by atoms with Gasteiger partial charge in [0.15, 0.2) is 11.5 Å². The Balaban J connectivity index is 1.65. The zero-order valence-electron chi connectivity index (χ0n) is 11.6. The molecule has 1 aromatic carbocycles. The fourth-order valence-corrected chi connectivity index (χ4v) is 1.87. The zero-order chi connectivity index (χ0) is 14.2. The summed E-state index contributed by atoms with van der Waals surface area (Å²) < 4.78 is 16.2. The van der Waals surface area contributed by atoms with Gasteiger partial charge in [0.25, 0.3) is 0 Å². The second-order valence-electron chi connectivity index (χ2n) is 4.47. The number of ether oxygens (including phenoxy) is 3. The number of para-hydroxylation sites is 2. The number of benzene rings is 1. The third kappa shape index (κ3) is 4.40. The maximum Gasteiger partial charge on any atom is 0.234 e. The van der Waals surface area contributed by atoms with Crippen LogP contribution in [0.2, 0.25) is 0 Å². The predicted molar refractivity (Wildman–Crippen MR) is 74.1 cm³/mol. The third-order valence-corrected chi connectivity index (χ3v) is 2.85. The van der Waals surface area contributed by atoms with Crippen molar-refractivity contribution >= 4 is 5.91 Å². The summed E-state index contributed by atoms with van der Waals surface area (Å²) in [5.41, 5.74) is 0. The van der Waals surface area contributed by atoms with E-state index in [4.69, 9.17) is 14.2 Å². The van der Waals surface area contributed by atoms with Crippen molar-refractivity contribution in [3.05, 3.63) is 24.3 Å². The van der Waals surface area contributed by atoms with E-state index in [2.05, 4.69) is 10.6 Å². The normalized spacial score (nSPS) is 16.8. The average Bonchev–Trinajstić information content (AvgIpc) is 2.47. The van der Waals surface area contributed by atoms with Crippen molar-refractivity contribution in [2.24, 2.45) is 0 Å². The molecule has 1 heterocycles. The van der Waals surface area contributed by atoms with Crippen molar-refractivity contribution in [1.82, 2.24) is 10.6 Å². The molecule has 0 aliphatic carbocycles. The molecule has 0 saturated heterocycles. The van der Waals surface area contributed by atoms with Crippen LogP contribution in [0.1, 0.15) is 0 Å². The van der Waals surface area contributed by atoms with E-state index in [9.17, 15) is 4.79 Å². The number of hydrogen-bond donors (Lipinski definition) is 2. The lowest BCUT2D eigenvalue weighted by Gasteiger charge is -2.26. The number of hydrogen-bond acceptors (Lipinski definition) is 5. The number of methoxy groups -OCH3 is 1. The van der Waals surface area contributed by atoms with E-state index in [1.54, 1.807) is 7.11 Å². The van der Waals surface area contributed by atoms with E-state index in [0.717, 1.165) is 11.5 Å². The van der Waals surface area contributed by atoms with E-state index in [0.29, 0.717) is 26.3 Å². The Morgan fingerprint density at radius 1 is 1.40 bits per heavy atom. The molecule has 0 aromatic heterocycles. The molecular formula is C14H20N2O4. The van der Waals surface area contributed by atoms with Crippen molar-refractivity contribution < 1.29 is 19.0 Å². The van der Waals surface area contributed by atoms with Gasteiger partial charge in [-0.1, -0.05) is 12.1 Å². The van der Waals surface area contributed by atoms with Gasteiger partial charge >= 0.3 is 0 Å². The Morgan fingerprint density at radius 2 is 2.20 bits per heavy atom. The lowest BCUT2D eigenvalue weighted by atomic mass is 10.2. The highest BCUT2D eigenvalue weighted by atomic mass is 16.6. The second kappa shape index (κ2) is 7.72. The number of fused-ring (bicyclic) bond motifs is 1. The number of carbonyl (C=O) groups is 1. The molecule has 1 aromatic rings. The minimum absolute atomic E-state index is 0.0563. The highest BCUT2D eigenvalue weighted by Gasteiger charge is 2.20. The number of amides is 1. The maximum absolute atomic E-state index is 11.5. The van der Waals surface area contributed by atoms with Gasteiger partial charge in [0, 0.05) is 20.2 Å². The number of carbonyl (C=O) groups excluding carboxylic acids is 1. The first-order valence-electron chi connectivity index (χ1n) is 6.64. The van der Waals surface area contributed by atoms with Crippen molar-refractivity contribution in [3.63, 3.8) is 0 Å². The molecule has 1 atom stereocenters. The van der Waals surface area contributed by atoms with Crippen LogP contribution < -0.4 is 20.1 Å². The first-order chi connectivity index (χ1) is 9.79. The molecule has 6 nitrogen and oxygen atoms in total.